The first-order valence-electron chi connectivity index (χ1n) is 3.26. The van der Waals surface area contributed by atoms with E-state index in [0.717, 1.165) is 12.0 Å². The van der Waals surface area contributed by atoms with Gasteiger partial charge in [0, 0.05) is 13.1 Å². The van der Waals surface area contributed by atoms with Crippen LogP contribution in [-0.4, -0.2) is 9.78 Å². The normalized spacial score (nSPS) is 9.80. The Balaban J connectivity index is 3.17. The van der Waals surface area contributed by atoms with Crippen LogP contribution in [0.4, 0.5) is 0 Å². The number of aromatic nitrogens is 2. The van der Waals surface area contributed by atoms with Crippen molar-refractivity contribution < 1.29 is 0 Å². The lowest BCUT2D eigenvalue weighted by Gasteiger charge is -1.95. The van der Waals surface area contributed by atoms with Crippen molar-refractivity contribution in [3.63, 3.8) is 0 Å². The average molecular weight is 138 g/mol. The fourth-order valence-electron chi connectivity index (χ4n) is 0.700. The van der Waals surface area contributed by atoms with Gasteiger partial charge in [-0.05, 0) is 12.0 Å². The maximum absolute atomic E-state index is 10.9. The molecule has 0 fully saturated rings. The van der Waals surface area contributed by atoms with E-state index in [0.29, 0.717) is 0 Å². The fraction of sp³-hybridized carbons (Fsp3) is 0.429. The zero-order chi connectivity index (χ0) is 7.56. The molecule has 3 heteroatoms. The second-order valence-electron chi connectivity index (χ2n) is 2.18. The van der Waals surface area contributed by atoms with Gasteiger partial charge in [-0.3, -0.25) is 4.79 Å². The Bertz CT molecular complexity index is 277. The average Bonchev–Trinajstić information content (AvgIpc) is 1.95. The summed E-state index contributed by atoms with van der Waals surface area (Å²) in [4.78, 5) is 10.9. The molecule has 0 unspecified atom stereocenters. The van der Waals surface area contributed by atoms with Gasteiger partial charge in [0.1, 0.15) is 0 Å². The maximum atomic E-state index is 10.9. The van der Waals surface area contributed by atoms with Crippen LogP contribution in [0.15, 0.2) is 17.1 Å². The van der Waals surface area contributed by atoms with Crippen LogP contribution in [0.3, 0.4) is 0 Å². The topological polar surface area (TPSA) is 34.9 Å². The minimum absolute atomic E-state index is 0.0423. The van der Waals surface area contributed by atoms with Gasteiger partial charge in [0.25, 0.3) is 5.56 Å². The van der Waals surface area contributed by atoms with Gasteiger partial charge in [0.15, 0.2) is 0 Å². The largest absolute Gasteiger partial charge is 0.268 e. The molecule has 0 N–H and O–H groups in total. The Morgan fingerprint density at radius 2 is 2.40 bits per heavy atom. The predicted octanol–water partition coefficient (Wildman–Crippen LogP) is 0.343. The highest BCUT2D eigenvalue weighted by atomic mass is 16.1. The van der Waals surface area contributed by atoms with Crippen molar-refractivity contribution in [2.24, 2.45) is 7.05 Å². The maximum Gasteiger partial charge on any atom is 0.266 e. The zero-order valence-corrected chi connectivity index (χ0v) is 6.16. The van der Waals surface area contributed by atoms with Gasteiger partial charge < -0.3 is 0 Å². The summed E-state index contributed by atoms with van der Waals surface area (Å²) in [6.07, 6.45) is 2.57. The second kappa shape index (κ2) is 2.64. The highest BCUT2D eigenvalue weighted by Crippen LogP contribution is 1.90. The van der Waals surface area contributed by atoms with E-state index in [9.17, 15) is 4.79 Å². The molecule has 0 atom stereocenters. The minimum Gasteiger partial charge on any atom is -0.268 e. The minimum atomic E-state index is -0.0423. The fourth-order valence-corrected chi connectivity index (χ4v) is 0.700. The van der Waals surface area contributed by atoms with E-state index in [4.69, 9.17) is 0 Å². The smallest absolute Gasteiger partial charge is 0.266 e. The number of hydrogen-bond acceptors (Lipinski definition) is 2. The summed E-state index contributed by atoms with van der Waals surface area (Å²) in [5.74, 6) is 0. The van der Waals surface area contributed by atoms with Gasteiger partial charge in [-0.1, -0.05) is 6.92 Å². The summed E-state index contributed by atoms with van der Waals surface area (Å²) < 4.78 is 1.32. The van der Waals surface area contributed by atoms with Crippen molar-refractivity contribution >= 4 is 0 Å². The number of aryl methyl sites for hydroxylation is 2. The van der Waals surface area contributed by atoms with Crippen molar-refractivity contribution in [1.29, 1.82) is 0 Å². The summed E-state index contributed by atoms with van der Waals surface area (Å²) in [6.45, 7) is 2.00. The number of hydrogen-bond donors (Lipinski definition) is 0. The van der Waals surface area contributed by atoms with Crippen molar-refractivity contribution in [1.82, 2.24) is 9.78 Å². The molecule has 1 rings (SSSR count). The molecule has 1 aromatic rings. The third-order valence-electron chi connectivity index (χ3n) is 1.43. The molecular weight excluding hydrogens is 128 g/mol. The van der Waals surface area contributed by atoms with Crippen LogP contribution in [0.2, 0.25) is 0 Å². The van der Waals surface area contributed by atoms with E-state index >= 15 is 0 Å². The molecule has 0 aliphatic rings. The van der Waals surface area contributed by atoms with E-state index in [1.165, 1.54) is 4.68 Å². The lowest BCUT2D eigenvalue weighted by atomic mass is 10.2. The quantitative estimate of drug-likeness (QED) is 0.561. The van der Waals surface area contributed by atoms with Crippen LogP contribution in [0.1, 0.15) is 12.5 Å². The monoisotopic (exact) mass is 138 g/mol. The lowest BCUT2D eigenvalue weighted by molar-refractivity contribution is 0.700. The summed E-state index contributed by atoms with van der Waals surface area (Å²) in [5.41, 5.74) is 0.947. The molecule has 0 saturated heterocycles. The van der Waals surface area contributed by atoms with Crippen molar-refractivity contribution in [3.05, 3.63) is 28.2 Å². The van der Waals surface area contributed by atoms with Crippen LogP contribution in [0.5, 0.6) is 0 Å². The van der Waals surface area contributed by atoms with E-state index in [1.54, 1.807) is 19.3 Å². The Labute approximate surface area is 59.3 Å². The summed E-state index contributed by atoms with van der Waals surface area (Å²) in [5, 5.41) is 3.85. The first-order valence-corrected chi connectivity index (χ1v) is 3.26. The molecule has 54 valence electrons. The van der Waals surface area contributed by atoms with E-state index in [1.807, 2.05) is 6.92 Å². The molecule has 0 radical (unpaired) electrons. The first-order chi connectivity index (χ1) is 4.74. The highest BCUT2D eigenvalue weighted by molar-refractivity contribution is 5.04. The molecule has 0 aromatic carbocycles. The standard InChI is InChI=1S/C7H10N2O/c1-3-6-4-7(10)9(2)8-5-6/h4-5H,3H2,1-2H3. The van der Waals surface area contributed by atoms with Gasteiger partial charge in [0.2, 0.25) is 0 Å². The Hall–Kier alpha value is -1.12. The molecule has 1 heterocycles. The molecule has 1 aromatic heterocycles. The van der Waals surface area contributed by atoms with Crippen LogP contribution in [0.25, 0.3) is 0 Å². The number of rotatable bonds is 1. The SMILES string of the molecule is CCc1cnn(C)c(=O)c1. The highest BCUT2D eigenvalue weighted by Gasteiger charge is 1.91. The Kier molecular flexibility index (Phi) is 1.85. The first kappa shape index (κ1) is 6.99. The van der Waals surface area contributed by atoms with E-state index in [2.05, 4.69) is 5.10 Å². The van der Waals surface area contributed by atoms with Gasteiger partial charge in [-0.25, -0.2) is 4.68 Å². The third-order valence-corrected chi connectivity index (χ3v) is 1.43. The third kappa shape index (κ3) is 1.23. The molecule has 0 amide bonds. The number of nitrogens with zero attached hydrogens (tertiary/aromatic N) is 2. The van der Waals surface area contributed by atoms with E-state index < -0.39 is 0 Å². The van der Waals surface area contributed by atoms with Crippen LogP contribution in [-0.2, 0) is 13.5 Å². The van der Waals surface area contributed by atoms with Gasteiger partial charge in [0.05, 0.1) is 6.20 Å². The molecule has 0 saturated carbocycles. The summed E-state index contributed by atoms with van der Waals surface area (Å²) >= 11 is 0. The lowest BCUT2D eigenvalue weighted by Crippen LogP contribution is -2.18. The Morgan fingerprint density at radius 1 is 1.70 bits per heavy atom. The van der Waals surface area contributed by atoms with Crippen molar-refractivity contribution in [3.8, 4) is 0 Å². The van der Waals surface area contributed by atoms with Crippen LogP contribution < -0.4 is 5.56 Å². The van der Waals surface area contributed by atoms with Crippen LogP contribution in [0, 0.1) is 0 Å². The molecular formula is C7H10N2O. The summed E-state index contributed by atoms with van der Waals surface area (Å²) in [7, 11) is 1.64. The van der Waals surface area contributed by atoms with Gasteiger partial charge in [-0.15, -0.1) is 0 Å². The summed E-state index contributed by atoms with van der Waals surface area (Å²) in [6, 6.07) is 1.60. The molecule has 0 aliphatic heterocycles. The van der Waals surface area contributed by atoms with Crippen molar-refractivity contribution in [2.75, 3.05) is 0 Å². The second-order valence-corrected chi connectivity index (χ2v) is 2.18. The molecule has 0 spiro atoms. The molecule has 0 bridgehead atoms. The predicted molar refractivity (Wildman–Crippen MR) is 38.9 cm³/mol. The zero-order valence-electron chi connectivity index (χ0n) is 6.16. The molecule has 3 nitrogen and oxygen atoms in total. The van der Waals surface area contributed by atoms with Gasteiger partial charge >= 0.3 is 0 Å². The molecule has 10 heavy (non-hydrogen) atoms. The Morgan fingerprint density at radius 3 is 2.90 bits per heavy atom. The van der Waals surface area contributed by atoms with Crippen LogP contribution >= 0.6 is 0 Å². The molecule has 0 aliphatic carbocycles. The van der Waals surface area contributed by atoms with E-state index in [-0.39, 0.29) is 5.56 Å². The van der Waals surface area contributed by atoms with Gasteiger partial charge in [-0.2, -0.15) is 5.10 Å². The van der Waals surface area contributed by atoms with Crippen molar-refractivity contribution in [2.45, 2.75) is 13.3 Å².